The highest BCUT2D eigenvalue weighted by molar-refractivity contribution is 6.25. The predicted molar refractivity (Wildman–Crippen MR) is 136 cm³/mol. The molecule has 180 valence electrons. The van der Waals surface area contributed by atoms with Crippen LogP contribution in [-0.4, -0.2) is 17.3 Å². The summed E-state index contributed by atoms with van der Waals surface area (Å²) in [6, 6.07) is 25.1. The van der Waals surface area contributed by atoms with Gasteiger partial charge in [-0.05, 0) is 53.1 Å². The van der Waals surface area contributed by atoms with Gasteiger partial charge in [-0.2, -0.15) is 0 Å². The lowest BCUT2D eigenvalue weighted by Crippen LogP contribution is -2.40. The first-order valence-electron chi connectivity index (χ1n) is 12.0. The summed E-state index contributed by atoms with van der Waals surface area (Å²) in [4.78, 5) is 41.8. The first-order chi connectivity index (χ1) is 17.9. The molecule has 2 aliphatic carbocycles. The van der Waals surface area contributed by atoms with Gasteiger partial charge in [0.25, 0.3) is 0 Å². The molecule has 0 saturated heterocycles. The molecular weight excluding hydrogens is 470 g/mol. The molecule has 2 aliphatic rings. The van der Waals surface area contributed by atoms with Crippen LogP contribution < -0.4 is 0 Å². The Morgan fingerprint density at radius 3 is 2.08 bits per heavy atom. The van der Waals surface area contributed by atoms with Crippen molar-refractivity contribution in [3.63, 3.8) is 0 Å². The van der Waals surface area contributed by atoms with E-state index in [9.17, 15) is 23.2 Å². The standard InChI is InChI=1S/C32H20F2O3/c33-22-12-14-26-21(15-22)16-28(30(36)20-9-5-2-6-10-20)32(26)27(18-29(35)19-7-3-1-4-8-19)25-17-23(34)11-13-24(25)31(32)37/h1-17,27H,18H2/t27-,32-/m0/s1. The summed E-state index contributed by atoms with van der Waals surface area (Å²) in [7, 11) is 0. The molecule has 0 N–H and O–H groups in total. The van der Waals surface area contributed by atoms with Gasteiger partial charge in [-0.25, -0.2) is 8.78 Å². The van der Waals surface area contributed by atoms with Crippen LogP contribution in [0.5, 0.6) is 0 Å². The van der Waals surface area contributed by atoms with Crippen molar-refractivity contribution in [1.82, 2.24) is 0 Å². The lowest BCUT2D eigenvalue weighted by atomic mass is 9.64. The molecular formula is C32H20F2O3. The molecule has 4 aromatic rings. The summed E-state index contributed by atoms with van der Waals surface area (Å²) >= 11 is 0. The molecule has 1 spiro atoms. The molecule has 0 bridgehead atoms. The van der Waals surface area contributed by atoms with Gasteiger partial charge in [0, 0.05) is 34.6 Å². The average molecular weight is 491 g/mol. The van der Waals surface area contributed by atoms with E-state index in [4.69, 9.17) is 0 Å². The van der Waals surface area contributed by atoms with Gasteiger partial charge in [-0.3, -0.25) is 14.4 Å². The Morgan fingerprint density at radius 1 is 0.757 bits per heavy atom. The SMILES string of the molecule is O=C(C[C@H]1c2cc(F)ccc2C(=O)[C@]12C(C(=O)c1ccccc1)=Cc1cc(F)ccc12)c1ccccc1. The number of allylic oxidation sites excluding steroid dienone is 1. The van der Waals surface area contributed by atoms with Crippen LogP contribution in [0.25, 0.3) is 6.08 Å². The Balaban J connectivity index is 1.60. The highest BCUT2D eigenvalue weighted by Gasteiger charge is 2.61. The molecule has 0 aliphatic heterocycles. The van der Waals surface area contributed by atoms with Gasteiger partial charge in [0.05, 0.1) is 5.41 Å². The van der Waals surface area contributed by atoms with Crippen LogP contribution >= 0.6 is 0 Å². The number of fused-ring (bicyclic) bond motifs is 3. The quantitative estimate of drug-likeness (QED) is 0.291. The Labute approximate surface area is 212 Å². The van der Waals surface area contributed by atoms with Gasteiger partial charge < -0.3 is 0 Å². The largest absolute Gasteiger partial charge is 0.294 e. The summed E-state index contributed by atoms with van der Waals surface area (Å²) in [6.07, 6.45) is 1.41. The Morgan fingerprint density at radius 2 is 1.38 bits per heavy atom. The zero-order valence-electron chi connectivity index (χ0n) is 19.6. The molecule has 0 radical (unpaired) electrons. The van der Waals surface area contributed by atoms with E-state index in [2.05, 4.69) is 0 Å². The summed E-state index contributed by atoms with van der Waals surface area (Å²) in [5.41, 5.74) is 0.868. The molecule has 0 heterocycles. The monoisotopic (exact) mass is 490 g/mol. The second kappa shape index (κ2) is 8.56. The number of Topliss-reactive ketones (excluding diaryl/α,β-unsaturated/α-hetero) is 3. The maximum Gasteiger partial charge on any atom is 0.190 e. The number of rotatable bonds is 5. The third kappa shape index (κ3) is 3.42. The number of benzene rings is 4. The van der Waals surface area contributed by atoms with E-state index in [0.717, 1.165) is 0 Å². The Bertz CT molecular complexity index is 1620. The third-order valence-corrected chi connectivity index (χ3v) is 7.44. The van der Waals surface area contributed by atoms with Crippen LogP contribution in [0.2, 0.25) is 0 Å². The number of carbonyl (C=O) groups is 3. The van der Waals surface area contributed by atoms with Crippen LogP contribution in [0.4, 0.5) is 8.78 Å². The van der Waals surface area contributed by atoms with Gasteiger partial charge in [-0.15, -0.1) is 0 Å². The van der Waals surface area contributed by atoms with Gasteiger partial charge in [0.1, 0.15) is 11.6 Å². The number of ketones is 3. The van der Waals surface area contributed by atoms with E-state index in [1.54, 1.807) is 66.7 Å². The Hall–Kier alpha value is -4.51. The Kier molecular flexibility index (Phi) is 5.30. The summed E-state index contributed by atoms with van der Waals surface area (Å²) < 4.78 is 28.9. The first-order valence-corrected chi connectivity index (χ1v) is 12.0. The maximum absolute atomic E-state index is 14.5. The molecule has 0 aromatic heterocycles. The molecule has 3 nitrogen and oxygen atoms in total. The fourth-order valence-corrected chi connectivity index (χ4v) is 5.86. The van der Waals surface area contributed by atoms with Gasteiger partial charge >= 0.3 is 0 Å². The molecule has 0 unspecified atom stereocenters. The molecule has 6 rings (SSSR count). The topological polar surface area (TPSA) is 51.2 Å². The van der Waals surface area contributed by atoms with Crippen molar-refractivity contribution in [3.8, 4) is 0 Å². The van der Waals surface area contributed by atoms with Crippen molar-refractivity contribution in [2.75, 3.05) is 0 Å². The second-order valence-corrected chi connectivity index (χ2v) is 9.40. The minimum absolute atomic E-state index is 0.136. The van der Waals surface area contributed by atoms with E-state index in [1.165, 1.54) is 36.4 Å². The van der Waals surface area contributed by atoms with Gasteiger partial charge in [-0.1, -0.05) is 66.7 Å². The molecule has 5 heteroatoms. The summed E-state index contributed by atoms with van der Waals surface area (Å²) in [5, 5.41) is 0. The zero-order valence-corrected chi connectivity index (χ0v) is 19.6. The smallest absolute Gasteiger partial charge is 0.190 e. The van der Waals surface area contributed by atoms with E-state index in [-0.39, 0.29) is 23.3 Å². The summed E-state index contributed by atoms with van der Waals surface area (Å²) in [6.45, 7) is 0. The normalized spacial score (nSPS) is 19.5. The highest BCUT2D eigenvalue weighted by atomic mass is 19.1. The fourth-order valence-electron chi connectivity index (χ4n) is 5.86. The first kappa shape index (κ1) is 22.9. The average Bonchev–Trinajstić information content (AvgIpc) is 3.37. The van der Waals surface area contributed by atoms with Crippen LogP contribution in [0.1, 0.15) is 60.1 Å². The van der Waals surface area contributed by atoms with Crippen molar-refractivity contribution in [3.05, 3.63) is 148 Å². The molecule has 0 amide bonds. The minimum Gasteiger partial charge on any atom is -0.294 e. The third-order valence-electron chi connectivity index (χ3n) is 7.44. The maximum atomic E-state index is 14.5. The van der Waals surface area contributed by atoms with Crippen molar-refractivity contribution in [2.24, 2.45) is 0 Å². The molecule has 4 aromatic carbocycles. The number of carbonyl (C=O) groups excluding carboxylic acids is 3. The highest BCUT2D eigenvalue weighted by Crippen LogP contribution is 2.59. The van der Waals surface area contributed by atoms with Crippen molar-refractivity contribution in [1.29, 1.82) is 0 Å². The van der Waals surface area contributed by atoms with Crippen LogP contribution in [-0.2, 0) is 5.41 Å². The van der Waals surface area contributed by atoms with Gasteiger partial charge in [0.15, 0.2) is 17.3 Å². The lowest BCUT2D eigenvalue weighted by molar-refractivity contribution is 0.0861. The van der Waals surface area contributed by atoms with E-state index >= 15 is 0 Å². The molecule has 2 atom stereocenters. The zero-order chi connectivity index (χ0) is 25.7. The van der Waals surface area contributed by atoms with Crippen molar-refractivity contribution < 1.29 is 23.2 Å². The van der Waals surface area contributed by atoms with E-state index in [0.29, 0.717) is 27.8 Å². The minimum atomic E-state index is -1.59. The van der Waals surface area contributed by atoms with Crippen LogP contribution in [0.3, 0.4) is 0 Å². The van der Waals surface area contributed by atoms with Crippen molar-refractivity contribution >= 4 is 23.4 Å². The van der Waals surface area contributed by atoms with E-state index < -0.39 is 34.5 Å². The van der Waals surface area contributed by atoms with Crippen LogP contribution in [0.15, 0.2) is 103 Å². The molecule has 37 heavy (non-hydrogen) atoms. The van der Waals surface area contributed by atoms with Crippen LogP contribution in [0, 0.1) is 11.6 Å². The predicted octanol–water partition coefficient (Wildman–Crippen LogP) is 6.74. The molecule has 0 saturated carbocycles. The van der Waals surface area contributed by atoms with Crippen molar-refractivity contribution in [2.45, 2.75) is 17.8 Å². The number of hydrogen-bond acceptors (Lipinski definition) is 3. The summed E-state index contributed by atoms with van der Waals surface area (Å²) in [5.74, 6) is -2.94. The lowest BCUT2D eigenvalue weighted by Gasteiger charge is -2.34. The molecule has 0 fully saturated rings. The number of halogens is 2. The van der Waals surface area contributed by atoms with Gasteiger partial charge in [0.2, 0.25) is 0 Å². The fraction of sp³-hybridized carbons (Fsp3) is 0.0938. The van der Waals surface area contributed by atoms with E-state index in [1.807, 2.05) is 0 Å². The number of hydrogen-bond donors (Lipinski definition) is 0. The second-order valence-electron chi connectivity index (χ2n) is 9.40.